The van der Waals surface area contributed by atoms with Crippen molar-refractivity contribution in [3.8, 4) is 22.6 Å². The fourth-order valence-electron chi connectivity index (χ4n) is 5.22. The van der Waals surface area contributed by atoms with E-state index in [1.165, 1.54) is 6.21 Å². The molecule has 0 aromatic carbocycles. The van der Waals surface area contributed by atoms with Crippen molar-refractivity contribution in [3.63, 3.8) is 0 Å². The van der Waals surface area contributed by atoms with Gasteiger partial charge in [0.25, 0.3) is 5.92 Å². The molecule has 3 N–H and O–H groups in total. The van der Waals surface area contributed by atoms with Gasteiger partial charge in [-0.25, -0.2) is 13.8 Å². The van der Waals surface area contributed by atoms with Gasteiger partial charge in [0.1, 0.15) is 17.5 Å². The van der Waals surface area contributed by atoms with E-state index in [9.17, 15) is 8.78 Å². The average molecular weight is 515 g/mol. The standard InChI is InChI=1S/C25H29ClF2N8/c1-15-6-10-35-14-16(17-12-21(31-13-18(17)26)32-20(30-3)5-9-29)11-19(35)22-33-34-23(36(15)22)25(7-4-8-25)24(2,27)28/h5,9,11-15,29-30H,4,6-8,10H2,1-3H3,(H,31,32)/b20-5+,29-9?/t15-/m0/s1. The Balaban J connectivity index is 1.57. The zero-order valence-electron chi connectivity index (χ0n) is 20.4. The van der Waals surface area contributed by atoms with E-state index >= 15 is 0 Å². The lowest BCUT2D eigenvalue weighted by atomic mass is 9.64. The number of hydrogen-bond donors (Lipinski definition) is 3. The zero-order chi connectivity index (χ0) is 25.7. The highest BCUT2D eigenvalue weighted by Gasteiger charge is 2.58. The van der Waals surface area contributed by atoms with Gasteiger partial charge < -0.3 is 25.2 Å². The van der Waals surface area contributed by atoms with Crippen molar-refractivity contribution in [2.45, 2.75) is 63.5 Å². The normalized spacial score (nSPS) is 19.1. The third-order valence-corrected chi connectivity index (χ3v) is 7.78. The van der Waals surface area contributed by atoms with E-state index in [0.29, 0.717) is 47.7 Å². The smallest absolute Gasteiger partial charge is 0.257 e. The van der Waals surface area contributed by atoms with Crippen molar-refractivity contribution in [2.24, 2.45) is 0 Å². The van der Waals surface area contributed by atoms with Gasteiger partial charge in [0.15, 0.2) is 5.82 Å². The first-order valence-electron chi connectivity index (χ1n) is 12.0. The maximum atomic E-state index is 14.8. The Morgan fingerprint density at radius 1 is 1.31 bits per heavy atom. The number of alkyl halides is 2. The minimum Gasteiger partial charge on any atom is -0.375 e. The van der Waals surface area contributed by atoms with Crippen LogP contribution in [0.3, 0.4) is 0 Å². The van der Waals surface area contributed by atoms with Gasteiger partial charge in [0, 0.05) is 56.3 Å². The van der Waals surface area contributed by atoms with Gasteiger partial charge >= 0.3 is 0 Å². The monoisotopic (exact) mass is 514 g/mol. The summed E-state index contributed by atoms with van der Waals surface area (Å²) in [6.45, 7) is 3.76. The second kappa shape index (κ2) is 8.99. The minimum absolute atomic E-state index is 0.00548. The van der Waals surface area contributed by atoms with Gasteiger partial charge in [-0.05, 0) is 44.4 Å². The molecule has 5 rings (SSSR count). The molecule has 1 saturated carbocycles. The highest BCUT2D eigenvalue weighted by atomic mass is 35.5. The Bertz CT molecular complexity index is 1330. The number of nitrogens with zero attached hydrogens (tertiary/aromatic N) is 5. The maximum absolute atomic E-state index is 14.8. The van der Waals surface area contributed by atoms with Gasteiger partial charge in [-0.3, -0.25) is 0 Å². The Labute approximate surface area is 213 Å². The number of fused-ring (bicyclic) bond motifs is 3. The number of allylic oxidation sites excluding steroid dienone is 1. The predicted octanol–water partition coefficient (Wildman–Crippen LogP) is 5.63. The van der Waals surface area contributed by atoms with Crippen LogP contribution in [0.5, 0.6) is 0 Å². The summed E-state index contributed by atoms with van der Waals surface area (Å²) in [6, 6.07) is 3.82. The van der Waals surface area contributed by atoms with E-state index in [4.69, 9.17) is 17.0 Å². The Morgan fingerprint density at radius 3 is 2.72 bits per heavy atom. The number of aromatic nitrogens is 5. The Kier molecular flexibility index (Phi) is 6.10. The van der Waals surface area contributed by atoms with Crippen LogP contribution in [0.1, 0.15) is 51.4 Å². The summed E-state index contributed by atoms with van der Waals surface area (Å²) in [6.07, 6.45) is 8.70. The summed E-state index contributed by atoms with van der Waals surface area (Å²) in [4.78, 5) is 4.34. The number of hydrogen-bond acceptors (Lipinski definition) is 6. The number of anilines is 1. The highest BCUT2D eigenvalue weighted by Crippen LogP contribution is 2.54. The number of aryl methyl sites for hydroxylation is 1. The van der Waals surface area contributed by atoms with Crippen molar-refractivity contribution in [1.82, 2.24) is 29.6 Å². The average Bonchev–Trinajstić information content (AvgIpc) is 3.38. The maximum Gasteiger partial charge on any atom is 0.257 e. The van der Waals surface area contributed by atoms with Crippen LogP contribution in [-0.4, -0.2) is 43.5 Å². The molecule has 1 aliphatic carbocycles. The number of pyridine rings is 1. The molecule has 1 atom stereocenters. The lowest BCUT2D eigenvalue weighted by Gasteiger charge is -2.45. The van der Waals surface area contributed by atoms with Crippen LogP contribution in [0.25, 0.3) is 22.6 Å². The van der Waals surface area contributed by atoms with Crippen molar-refractivity contribution < 1.29 is 8.78 Å². The Hall–Kier alpha value is -3.27. The molecule has 190 valence electrons. The topological polar surface area (TPSA) is 96.4 Å². The molecule has 8 nitrogen and oxygen atoms in total. The first kappa shape index (κ1) is 24.4. The summed E-state index contributed by atoms with van der Waals surface area (Å²) in [5.41, 5.74) is 1.20. The molecule has 3 aromatic heterocycles. The van der Waals surface area contributed by atoms with Crippen LogP contribution in [-0.2, 0) is 12.0 Å². The molecule has 0 radical (unpaired) electrons. The molecular weight excluding hydrogens is 486 g/mol. The van der Waals surface area contributed by atoms with Crippen LogP contribution in [0.2, 0.25) is 5.02 Å². The summed E-state index contributed by atoms with van der Waals surface area (Å²) in [5.74, 6) is -0.696. The molecule has 0 spiro atoms. The van der Waals surface area contributed by atoms with E-state index in [2.05, 4.69) is 30.4 Å². The lowest BCUT2D eigenvalue weighted by molar-refractivity contribution is -0.103. The predicted molar refractivity (Wildman–Crippen MR) is 137 cm³/mol. The second-order valence-electron chi connectivity index (χ2n) is 9.66. The molecule has 11 heteroatoms. The fourth-order valence-corrected chi connectivity index (χ4v) is 5.43. The molecule has 0 bridgehead atoms. The fraction of sp³-hybridized carbons (Fsp3) is 0.440. The van der Waals surface area contributed by atoms with Crippen molar-refractivity contribution in [1.29, 1.82) is 5.41 Å². The third-order valence-electron chi connectivity index (χ3n) is 7.47. The SMILES string of the molecule is CN/C(=C\C=N)Nc1cc(-c2cc3n(c2)CC[C@H](C)n2c-3nnc2C2(C(C)(F)F)CCC2)c(Cl)cn1. The number of rotatable bonds is 7. The van der Waals surface area contributed by atoms with Crippen LogP contribution < -0.4 is 10.6 Å². The second-order valence-corrected chi connectivity index (χ2v) is 10.1. The van der Waals surface area contributed by atoms with Gasteiger partial charge in [0.2, 0.25) is 0 Å². The third kappa shape index (κ3) is 3.87. The quantitative estimate of drug-likeness (QED) is 0.355. The molecule has 2 aliphatic rings. The summed E-state index contributed by atoms with van der Waals surface area (Å²) >= 11 is 6.54. The molecule has 36 heavy (non-hydrogen) atoms. The largest absolute Gasteiger partial charge is 0.375 e. The van der Waals surface area contributed by atoms with Gasteiger partial charge in [0.05, 0.1) is 16.1 Å². The highest BCUT2D eigenvalue weighted by molar-refractivity contribution is 6.33. The molecule has 0 unspecified atom stereocenters. The number of halogens is 3. The first-order valence-corrected chi connectivity index (χ1v) is 12.4. The first-order chi connectivity index (χ1) is 17.2. The van der Waals surface area contributed by atoms with E-state index < -0.39 is 11.3 Å². The number of nitrogens with one attached hydrogen (secondary N) is 3. The van der Waals surface area contributed by atoms with Gasteiger partial charge in [-0.15, -0.1) is 10.2 Å². The van der Waals surface area contributed by atoms with E-state index in [1.807, 2.05) is 29.8 Å². The van der Waals surface area contributed by atoms with Crippen molar-refractivity contribution in [3.05, 3.63) is 47.3 Å². The van der Waals surface area contributed by atoms with Crippen LogP contribution in [0.15, 0.2) is 36.4 Å². The summed E-state index contributed by atoms with van der Waals surface area (Å²) < 4.78 is 33.7. The van der Waals surface area contributed by atoms with Gasteiger partial charge in [-0.2, -0.15) is 0 Å². The minimum atomic E-state index is -2.87. The Morgan fingerprint density at radius 2 is 2.08 bits per heavy atom. The van der Waals surface area contributed by atoms with E-state index in [-0.39, 0.29) is 6.04 Å². The molecule has 1 aliphatic heterocycles. The molecule has 4 heterocycles. The molecular formula is C25H29ClF2N8. The lowest BCUT2D eigenvalue weighted by Crippen LogP contribution is -2.50. The summed E-state index contributed by atoms with van der Waals surface area (Å²) in [5, 5.41) is 22.7. The van der Waals surface area contributed by atoms with Crippen LogP contribution in [0, 0.1) is 5.41 Å². The van der Waals surface area contributed by atoms with Crippen LogP contribution in [0.4, 0.5) is 14.6 Å². The van der Waals surface area contributed by atoms with Crippen molar-refractivity contribution in [2.75, 3.05) is 12.4 Å². The van der Waals surface area contributed by atoms with Crippen molar-refractivity contribution >= 4 is 23.6 Å². The van der Waals surface area contributed by atoms with E-state index in [1.54, 1.807) is 19.3 Å². The zero-order valence-corrected chi connectivity index (χ0v) is 21.2. The molecule has 1 fully saturated rings. The van der Waals surface area contributed by atoms with Crippen LogP contribution >= 0.6 is 11.6 Å². The molecule has 3 aromatic rings. The molecule has 0 amide bonds. The summed E-state index contributed by atoms with van der Waals surface area (Å²) in [7, 11) is 1.75. The van der Waals surface area contributed by atoms with Gasteiger partial charge in [-0.1, -0.05) is 18.0 Å². The molecule has 0 saturated heterocycles. The van der Waals surface area contributed by atoms with E-state index in [0.717, 1.165) is 36.6 Å².